The number of nitrogens with zero attached hydrogens (tertiary/aromatic N) is 4. The fraction of sp³-hybridized carbons (Fsp3) is 0.308. The Morgan fingerprint density at radius 2 is 2.16 bits per heavy atom. The summed E-state index contributed by atoms with van der Waals surface area (Å²) in [4.78, 5) is 14.0. The van der Waals surface area contributed by atoms with Gasteiger partial charge in [-0.25, -0.2) is 9.37 Å². The van der Waals surface area contributed by atoms with Crippen LogP contribution in [0.3, 0.4) is 0 Å². The van der Waals surface area contributed by atoms with E-state index in [2.05, 4.69) is 20.3 Å². The van der Waals surface area contributed by atoms with Crippen molar-refractivity contribution in [1.29, 1.82) is 0 Å². The Bertz CT molecular complexity index is 532. The first-order valence-electron chi connectivity index (χ1n) is 6.08. The molecule has 0 aliphatic carbocycles. The third-order valence-corrected chi connectivity index (χ3v) is 2.55. The molecule has 0 aromatic carbocycles. The summed E-state index contributed by atoms with van der Waals surface area (Å²) in [6.07, 6.45) is 2.89. The summed E-state index contributed by atoms with van der Waals surface area (Å²) in [5.41, 5.74) is 0.855. The Morgan fingerprint density at radius 1 is 1.32 bits per heavy atom. The van der Waals surface area contributed by atoms with Gasteiger partial charge in [0.2, 0.25) is 5.95 Å². The third kappa shape index (κ3) is 3.37. The number of aromatic nitrogens is 3. The topological polar surface area (TPSA) is 53.9 Å². The molecular formula is C13H16FN5. The van der Waals surface area contributed by atoms with Crippen molar-refractivity contribution in [1.82, 2.24) is 15.0 Å². The van der Waals surface area contributed by atoms with E-state index in [1.165, 1.54) is 6.20 Å². The standard InChI is InChI=1S/C13H16FN5/c1-3-15-13-17-8-11(14)12(18-13)19(2)9-10-6-4-5-7-16-10/h4-8H,3,9H2,1-2H3,(H,15,17,18). The van der Waals surface area contributed by atoms with Crippen molar-refractivity contribution in [2.75, 3.05) is 23.8 Å². The minimum atomic E-state index is -0.444. The van der Waals surface area contributed by atoms with Crippen LogP contribution >= 0.6 is 0 Å². The average Bonchev–Trinajstić information content (AvgIpc) is 2.42. The van der Waals surface area contributed by atoms with Gasteiger partial charge in [-0.3, -0.25) is 4.98 Å². The first-order valence-corrected chi connectivity index (χ1v) is 6.08. The highest BCUT2D eigenvalue weighted by Gasteiger charge is 2.12. The number of rotatable bonds is 5. The van der Waals surface area contributed by atoms with E-state index in [1.54, 1.807) is 18.1 Å². The van der Waals surface area contributed by atoms with Crippen molar-refractivity contribution in [3.63, 3.8) is 0 Å². The van der Waals surface area contributed by atoms with E-state index >= 15 is 0 Å². The number of anilines is 2. The van der Waals surface area contributed by atoms with E-state index in [1.807, 2.05) is 25.1 Å². The molecule has 2 heterocycles. The summed E-state index contributed by atoms with van der Waals surface area (Å²) in [6.45, 7) is 3.11. The molecule has 0 unspecified atom stereocenters. The smallest absolute Gasteiger partial charge is 0.224 e. The van der Waals surface area contributed by atoms with Gasteiger partial charge < -0.3 is 10.2 Å². The number of pyridine rings is 1. The van der Waals surface area contributed by atoms with Crippen molar-refractivity contribution in [3.8, 4) is 0 Å². The van der Waals surface area contributed by atoms with Crippen LogP contribution in [0.25, 0.3) is 0 Å². The normalized spacial score (nSPS) is 10.3. The first-order chi connectivity index (χ1) is 9.20. The molecule has 2 rings (SSSR count). The number of halogens is 1. The molecule has 0 saturated heterocycles. The monoisotopic (exact) mass is 261 g/mol. The van der Waals surface area contributed by atoms with Crippen LogP contribution in [0.2, 0.25) is 0 Å². The molecule has 0 bridgehead atoms. The third-order valence-electron chi connectivity index (χ3n) is 2.55. The zero-order valence-corrected chi connectivity index (χ0v) is 11.0. The highest BCUT2D eigenvalue weighted by Crippen LogP contribution is 2.17. The highest BCUT2D eigenvalue weighted by molar-refractivity contribution is 5.43. The molecule has 19 heavy (non-hydrogen) atoms. The lowest BCUT2D eigenvalue weighted by molar-refractivity contribution is 0.607. The van der Waals surface area contributed by atoms with Crippen LogP contribution in [0.5, 0.6) is 0 Å². The minimum absolute atomic E-state index is 0.261. The molecule has 1 N–H and O–H groups in total. The van der Waals surface area contributed by atoms with Gasteiger partial charge in [-0.2, -0.15) is 4.98 Å². The molecular weight excluding hydrogens is 245 g/mol. The largest absolute Gasteiger partial charge is 0.354 e. The maximum absolute atomic E-state index is 13.7. The lowest BCUT2D eigenvalue weighted by atomic mass is 10.3. The fourth-order valence-corrected chi connectivity index (χ4v) is 1.68. The van der Waals surface area contributed by atoms with Gasteiger partial charge in [0.25, 0.3) is 0 Å². The second kappa shape index (κ2) is 6.08. The summed E-state index contributed by atoms with van der Waals surface area (Å²) in [5, 5.41) is 2.96. The predicted molar refractivity (Wildman–Crippen MR) is 72.5 cm³/mol. The summed E-state index contributed by atoms with van der Waals surface area (Å²) in [7, 11) is 1.77. The van der Waals surface area contributed by atoms with Gasteiger partial charge in [0.15, 0.2) is 11.6 Å². The number of hydrogen-bond donors (Lipinski definition) is 1. The molecule has 2 aromatic heterocycles. The molecule has 0 spiro atoms. The van der Waals surface area contributed by atoms with E-state index < -0.39 is 5.82 Å². The molecule has 0 atom stereocenters. The number of nitrogens with one attached hydrogen (secondary N) is 1. The molecule has 0 aliphatic rings. The Balaban J connectivity index is 2.18. The van der Waals surface area contributed by atoms with Crippen LogP contribution < -0.4 is 10.2 Å². The summed E-state index contributed by atoms with van der Waals surface area (Å²) in [5.74, 6) is 0.239. The van der Waals surface area contributed by atoms with E-state index in [0.29, 0.717) is 19.0 Å². The quantitative estimate of drug-likeness (QED) is 0.893. The molecule has 2 aromatic rings. The van der Waals surface area contributed by atoms with Crippen LogP contribution in [0.15, 0.2) is 30.6 Å². The number of hydrogen-bond acceptors (Lipinski definition) is 5. The fourth-order valence-electron chi connectivity index (χ4n) is 1.68. The van der Waals surface area contributed by atoms with Gasteiger partial charge in [-0.15, -0.1) is 0 Å². The van der Waals surface area contributed by atoms with E-state index in [-0.39, 0.29) is 5.82 Å². The van der Waals surface area contributed by atoms with Crippen molar-refractivity contribution in [2.45, 2.75) is 13.5 Å². The Morgan fingerprint density at radius 3 is 2.84 bits per heavy atom. The lowest BCUT2D eigenvalue weighted by Crippen LogP contribution is -2.20. The van der Waals surface area contributed by atoms with Crippen LogP contribution in [-0.2, 0) is 6.54 Å². The van der Waals surface area contributed by atoms with Crippen molar-refractivity contribution in [2.24, 2.45) is 0 Å². The highest BCUT2D eigenvalue weighted by atomic mass is 19.1. The van der Waals surface area contributed by atoms with E-state index in [9.17, 15) is 4.39 Å². The Labute approximate surface area is 111 Å². The summed E-state index contributed by atoms with van der Waals surface area (Å²) in [6, 6.07) is 5.63. The zero-order chi connectivity index (χ0) is 13.7. The maximum atomic E-state index is 13.7. The zero-order valence-electron chi connectivity index (χ0n) is 11.0. The molecule has 0 amide bonds. The van der Waals surface area contributed by atoms with Gasteiger partial charge in [0, 0.05) is 19.8 Å². The first kappa shape index (κ1) is 13.2. The lowest BCUT2D eigenvalue weighted by Gasteiger charge is -2.18. The van der Waals surface area contributed by atoms with Gasteiger partial charge in [-0.05, 0) is 19.1 Å². The van der Waals surface area contributed by atoms with Crippen LogP contribution in [-0.4, -0.2) is 28.5 Å². The van der Waals surface area contributed by atoms with Crippen molar-refractivity contribution in [3.05, 3.63) is 42.1 Å². The SMILES string of the molecule is CCNc1ncc(F)c(N(C)Cc2ccccn2)n1. The molecule has 0 aliphatic heterocycles. The minimum Gasteiger partial charge on any atom is -0.354 e. The molecule has 6 heteroatoms. The van der Waals surface area contributed by atoms with Crippen molar-refractivity contribution < 1.29 is 4.39 Å². The molecule has 100 valence electrons. The van der Waals surface area contributed by atoms with Gasteiger partial charge in [0.05, 0.1) is 18.4 Å². The average molecular weight is 261 g/mol. The van der Waals surface area contributed by atoms with Crippen LogP contribution in [0.4, 0.5) is 16.2 Å². The molecule has 5 nitrogen and oxygen atoms in total. The predicted octanol–water partition coefficient (Wildman–Crippen LogP) is 2.08. The van der Waals surface area contributed by atoms with Crippen LogP contribution in [0.1, 0.15) is 12.6 Å². The molecule has 0 fully saturated rings. The van der Waals surface area contributed by atoms with Gasteiger partial charge in [0.1, 0.15) is 0 Å². The summed E-state index contributed by atoms with van der Waals surface area (Å²) >= 11 is 0. The Kier molecular flexibility index (Phi) is 4.22. The second-order valence-corrected chi connectivity index (χ2v) is 4.07. The second-order valence-electron chi connectivity index (χ2n) is 4.07. The maximum Gasteiger partial charge on any atom is 0.224 e. The Hall–Kier alpha value is -2.24. The van der Waals surface area contributed by atoms with Gasteiger partial charge >= 0.3 is 0 Å². The van der Waals surface area contributed by atoms with Gasteiger partial charge in [-0.1, -0.05) is 6.07 Å². The van der Waals surface area contributed by atoms with Crippen LogP contribution in [0, 0.1) is 5.82 Å². The molecule has 0 saturated carbocycles. The summed E-state index contributed by atoms with van der Waals surface area (Å²) < 4.78 is 13.7. The van der Waals surface area contributed by atoms with Crippen molar-refractivity contribution >= 4 is 11.8 Å². The molecule has 0 radical (unpaired) electrons. The van der Waals surface area contributed by atoms with E-state index in [4.69, 9.17) is 0 Å². The van der Waals surface area contributed by atoms with E-state index in [0.717, 1.165) is 5.69 Å².